The third-order valence-corrected chi connectivity index (χ3v) is 5.74. The number of piperidine rings is 1. The molecular weight excluding hydrogens is 431 g/mol. The molecule has 0 unspecified atom stereocenters. The molecule has 2 atom stereocenters. The lowest BCUT2D eigenvalue weighted by atomic mass is 9.98. The van der Waals surface area contributed by atoms with Crippen molar-refractivity contribution in [3.8, 4) is 0 Å². The van der Waals surface area contributed by atoms with Gasteiger partial charge in [0, 0.05) is 32.1 Å². The number of hydrazine groups is 1. The monoisotopic (exact) mass is 449 g/mol. The van der Waals surface area contributed by atoms with E-state index >= 15 is 0 Å². The van der Waals surface area contributed by atoms with E-state index in [9.17, 15) is 18.0 Å². The predicted octanol–water partition coefficient (Wildman–Crippen LogP) is 1.46. The van der Waals surface area contributed by atoms with Crippen LogP contribution < -0.4 is 16.2 Å². The number of halogens is 4. The van der Waals surface area contributed by atoms with Crippen LogP contribution in [-0.2, 0) is 25.3 Å². The molecule has 30 heavy (non-hydrogen) atoms. The van der Waals surface area contributed by atoms with Crippen molar-refractivity contribution in [2.45, 2.75) is 30.9 Å². The third-order valence-electron chi connectivity index (χ3n) is 5.46. The highest BCUT2D eigenvalue weighted by Gasteiger charge is 2.47. The van der Waals surface area contributed by atoms with Gasteiger partial charge >= 0.3 is 6.18 Å². The van der Waals surface area contributed by atoms with Crippen molar-refractivity contribution in [3.63, 3.8) is 0 Å². The van der Waals surface area contributed by atoms with Crippen LogP contribution >= 0.6 is 11.6 Å². The summed E-state index contributed by atoms with van der Waals surface area (Å²) in [6.45, 7) is 1.17. The highest BCUT2D eigenvalue weighted by molar-refractivity contribution is 6.39. The zero-order chi connectivity index (χ0) is 21.5. The summed E-state index contributed by atoms with van der Waals surface area (Å²) in [4.78, 5) is 22.8. The van der Waals surface area contributed by atoms with Crippen molar-refractivity contribution in [2.24, 2.45) is 16.9 Å². The van der Waals surface area contributed by atoms with E-state index in [2.05, 4.69) is 10.1 Å². The lowest BCUT2D eigenvalue weighted by Gasteiger charge is -2.41. The fraction of sp³-hybridized carbons (Fsp3) is 0.588. The number of fused-ring (bicyclic) bond motifs is 1. The van der Waals surface area contributed by atoms with Crippen LogP contribution in [0, 0.1) is 5.92 Å². The number of amides is 1. The van der Waals surface area contributed by atoms with Gasteiger partial charge in [-0.3, -0.25) is 10.2 Å². The number of pyridine rings is 1. The first kappa shape index (κ1) is 21.1. The number of ether oxygens (including phenoxy) is 2. The molecule has 0 aromatic carbocycles. The molecule has 0 bridgehead atoms. The molecule has 2 fully saturated rings. The summed E-state index contributed by atoms with van der Waals surface area (Å²) >= 11 is 6.05. The maximum Gasteiger partial charge on any atom is 0.417 e. The third kappa shape index (κ3) is 3.92. The second kappa shape index (κ2) is 7.84. The van der Waals surface area contributed by atoms with Gasteiger partial charge in [-0.2, -0.15) is 13.2 Å². The molecule has 3 aliphatic heterocycles. The number of alkyl halides is 3. The van der Waals surface area contributed by atoms with Gasteiger partial charge in [0.1, 0.15) is 5.82 Å². The van der Waals surface area contributed by atoms with Crippen molar-refractivity contribution in [1.29, 1.82) is 0 Å². The van der Waals surface area contributed by atoms with E-state index in [1.807, 2.05) is 5.43 Å². The van der Waals surface area contributed by atoms with Crippen LogP contribution in [0.5, 0.6) is 0 Å². The standard InChI is InChI=1S/C17H19ClF3N5O4/c18-11-5-9(17(19,20)21)6-23-14(11)26-3-1-16(2-4-26)28-7-10-12(8-29-16)30-25-13(10)15(27)24-22/h5-6,10,12H,1-4,7-8,22H2,(H,24,27)/t10-,12+/m0/s1. The number of carbonyl (C=O) groups excluding carboxylic acids is 1. The Morgan fingerprint density at radius 3 is 2.63 bits per heavy atom. The first-order chi connectivity index (χ1) is 14.2. The van der Waals surface area contributed by atoms with Crippen LogP contribution in [0.15, 0.2) is 17.4 Å². The molecule has 164 valence electrons. The van der Waals surface area contributed by atoms with Crippen molar-refractivity contribution in [3.05, 3.63) is 22.8 Å². The fourth-order valence-electron chi connectivity index (χ4n) is 3.74. The van der Waals surface area contributed by atoms with Gasteiger partial charge in [0.15, 0.2) is 17.6 Å². The normalized spacial score (nSPS) is 25.9. The zero-order valence-electron chi connectivity index (χ0n) is 15.6. The van der Waals surface area contributed by atoms with Crippen molar-refractivity contribution < 1.29 is 32.3 Å². The Morgan fingerprint density at radius 1 is 1.30 bits per heavy atom. The van der Waals surface area contributed by atoms with E-state index in [4.69, 9.17) is 31.8 Å². The average Bonchev–Trinajstić information content (AvgIpc) is 3.05. The minimum atomic E-state index is -4.51. The summed E-state index contributed by atoms with van der Waals surface area (Å²) < 4.78 is 50.5. The Balaban J connectivity index is 1.41. The van der Waals surface area contributed by atoms with E-state index in [1.165, 1.54) is 0 Å². The summed E-state index contributed by atoms with van der Waals surface area (Å²) in [6, 6.07) is 0.870. The van der Waals surface area contributed by atoms with E-state index in [0.29, 0.717) is 25.9 Å². The first-order valence-electron chi connectivity index (χ1n) is 9.23. The van der Waals surface area contributed by atoms with Crippen LogP contribution in [0.1, 0.15) is 18.4 Å². The van der Waals surface area contributed by atoms with Crippen molar-refractivity contribution in [1.82, 2.24) is 10.4 Å². The highest BCUT2D eigenvalue weighted by atomic mass is 35.5. The maximum atomic E-state index is 12.8. The number of nitrogens with zero attached hydrogens (tertiary/aromatic N) is 3. The number of carbonyl (C=O) groups is 1. The Hall–Kier alpha value is -2.15. The molecule has 0 radical (unpaired) electrons. The molecule has 0 saturated carbocycles. The molecule has 1 spiro atoms. The van der Waals surface area contributed by atoms with E-state index in [1.54, 1.807) is 4.90 Å². The van der Waals surface area contributed by atoms with Crippen LogP contribution in [-0.4, -0.2) is 54.8 Å². The molecule has 13 heteroatoms. The molecule has 1 amide bonds. The molecule has 9 nitrogen and oxygen atoms in total. The second-order valence-corrected chi connectivity index (χ2v) is 7.65. The SMILES string of the molecule is NNC(=O)C1=NO[C@@H]2COC3(CCN(c4ncc(C(F)(F)F)cc4Cl)CC3)OC[C@H]12. The summed E-state index contributed by atoms with van der Waals surface area (Å²) in [6.07, 6.45) is -3.33. The van der Waals surface area contributed by atoms with Gasteiger partial charge in [-0.15, -0.1) is 0 Å². The fourth-order valence-corrected chi connectivity index (χ4v) is 4.03. The molecule has 1 aromatic heterocycles. The van der Waals surface area contributed by atoms with Gasteiger partial charge < -0.3 is 19.2 Å². The molecule has 0 aliphatic carbocycles. The molecule has 3 aliphatic rings. The Morgan fingerprint density at radius 2 is 2.00 bits per heavy atom. The highest BCUT2D eigenvalue weighted by Crippen LogP contribution is 2.38. The molecular formula is C17H19ClF3N5O4. The Bertz CT molecular complexity index is 860. The maximum absolute atomic E-state index is 12.8. The Labute approximate surface area is 174 Å². The van der Waals surface area contributed by atoms with Gasteiger partial charge in [0.05, 0.1) is 29.7 Å². The number of hydrogen-bond donors (Lipinski definition) is 2. The average molecular weight is 450 g/mol. The van der Waals surface area contributed by atoms with Crippen molar-refractivity contribution in [2.75, 3.05) is 31.2 Å². The molecule has 3 N–H and O–H groups in total. The summed E-state index contributed by atoms with van der Waals surface area (Å²) in [5.41, 5.74) is 1.29. The smallest absolute Gasteiger partial charge is 0.389 e. The van der Waals surface area contributed by atoms with Gasteiger partial charge in [-0.1, -0.05) is 16.8 Å². The zero-order valence-corrected chi connectivity index (χ0v) is 16.4. The first-order valence-corrected chi connectivity index (χ1v) is 9.60. The van der Waals surface area contributed by atoms with Gasteiger partial charge in [-0.05, 0) is 6.07 Å². The van der Waals surface area contributed by atoms with E-state index in [0.717, 1.165) is 12.3 Å². The minimum absolute atomic E-state index is 0.0694. The second-order valence-electron chi connectivity index (χ2n) is 7.25. The number of hydrogen-bond acceptors (Lipinski definition) is 8. The van der Waals surface area contributed by atoms with E-state index < -0.39 is 35.5 Å². The topological polar surface area (TPSA) is 111 Å². The lowest BCUT2D eigenvalue weighted by Crippen LogP contribution is -2.48. The largest absolute Gasteiger partial charge is 0.417 e. The van der Waals surface area contributed by atoms with Gasteiger partial charge in [-0.25, -0.2) is 10.8 Å². The van der Waals surface area contributed by atoms with Crippen molar-refractivity contribution >= 4 is 29.0 Å². The number of nitrogens with one attached hydrogen (secondary N) is 1. The minimum Gasteiger partial charge on any atom is -0.389 e. The van der Waals surface area contributed by atoms with Gasteiger partial charge in [0.2, 0.25) is 0 Å². The number of oxime groups is 1. The summed E-state index contributed by atoms with van der Waals surface area (Å²) in [5.74, 6) is 3.61. The number of nitrogens with two attached hydrogens (primary N) is 1. The molecule has 1 aromatic rings. The summed E-state index contributed by atoms with van der Waals surface area (Å²) in [7, 11) is 0. The van der Waals surface area contributed by atoms with Crippen LogP contribution in [0.3, 0.4) is 0 Å². The quantitative estimate of drug-likeness (QED) is 0.399. The predicted molar refractivity (Wildman–Crippen MR) is 98.5 cm³/mol. The number of aromatic nitrogens is 1. The Kier molecular flexibility index (Phi) is 5.51. The number of rotatable bonds is 2. The molecule has 4 rings (SSSR count). The van der Waals surface area contributed by atoms with Crippen LogP contribution in [0.4, 0.5) is 19.0 Å². The van der Waals surface area contributed by atoms with Gasteiger partial charge in [0.25, 0.3) is 5.91 Å². The molecule has 4 heterocycles. The van der Waals surface area contributed by atoms with E-state index in [-0.39, 0.29) is 29.8 Å². The lowest BCUT2D eigenvalue weighted by molar-refractivity contribution is -0.240. The van der Waals surface area contributed by atoms with Crippen LogP contribution in [0.25, 0.3) is 0 Å². The molecule has 2 saturated heterocycles. The summed E-state index contributed by atoms with van der Waals surface area (Å²) in [5, 5.41) is 3.70. The number of anilines is 1. The van der Waals surface area contributed by atoms with Crippen LogP contribution in [0.2, 0.25) is 5.02 Å².